The summed E-state index contributed by atoms with van der Waals surface area (Å²) in [7, 11) is 0. The number of ether oxygens (including phenoxy) is 2. The van der Waals surface area contributed by atoms with E-state index in [0.29, 0.717) is 0 Å². The van der Waals surface area contributed by atoms with Crippen LogP contribution in [0.3, 0.4) is 0 Å². The first-order valence-corrected chi connectivity index (χ1v) is 9.14. The van der Waals surface area contributed by atoms with E-state index in [2.05, 4.69) is 5.32 Å². The van der Waals surface area contributed by atoms with E-state index in [-0.39, 0.29) is 12.5 Å². The summed E-state index contributed by atoms with van der Waals surface area (Å²) in [5.41, 5.74) is 0.189. The average Bonchev–Trinajstić information content (AvgIpc) is 3.10. The maximum atomic E-state index is 12.3. The molecule has 1 aliphatic rings. The van der Waals surface area contributed by atoms with Gasteiger partial charge < -0.3 is 19.9 Å². The van der Waals surface area contributed by atoms with E-state index in [1.54, 1.807) is 20.8 Å². The molecule has 26 heavy (non-hydrogen) atoms. The SMILES string of the molecule is CC(C)(C)OC(=O)N[C@H](C1CCCC1)[C@H](O)C(=O)OCc1ccccc1. The monoisotopic (exact) mass is 363 g/mol. The van der Waals surface area contributed by atoms with Crippen molar-refractivity contribution < 1.29 is 24.2 Å². The van der Waals surface area contributed by atoms with E-state index in [1.807, 2.05) is 30.3 Å². The van der Waals surface area contributed by atoms with E-state index in [9.17, 15) is 14.7 Å². The molecule has 1 amide bonds. The Labute approximate surface area is 154 Å². The van der Waals surface area contributed by atoms with Gasteiger partial charge in [-0.2, -0.15) is 0 Å². The van der Waals surface area contributed by atoms with Gasteiger partial charge in [0.1, 0.15) is 12.2 Å². The quantitative estimate of drug-likeness (QED) is 0.758. The third kappa shape index (κ3) is 6.33. The summed E-state index contributed by atoms with van der Waals surface area (Å²) in [6, 6.07) is 8.55. The molecule has 1 aliphatic carbocycles. The van der Waals surface area contributed by atoms with Gasteiger partial charge in [0, 0.05) is 0 Å². The van der Waals surface area contributed by atoms with Crippen LogP contribution < -0.4 is 5.32 Å². The topological polar surface area (TPSA) is 84.9 Å². The third-order valence-corrected chi connectivity index (χ3v) is 4.40. The number of carbonyl (C=O) groups is 2. The molecule has 0 spiro atoms. The lowest BCUT2D eigenvalue weighted by Crippen LogP contribution is -2.52. The summed E-state index contributed by atoms with van der Waals surface area (Å²) in [4.78, 5) is 24.5. The highest BCUT2D eigenvalue weighted by molar-refractivity contribution is 5.77. The molecule has 0 saturated heterocycles. The molecule has 6 nitrogen and oxygen atoms in total. The minimum Gasteiger partial charge on any atom is -0.459 e. The Balaban J connectivity index is 1.98. The second-order valence-electron chi connectivity index (χ2n) is 7.75. The predicted molar refractivity (Wildman–Crippen MR) is 97.4 cm³/mol. The number of aliphatic hydroxyl groups is 1. The van der Waals surface area contributed by atoms with Crippen LogP contribution in [0.25, 0.3) is 0 Å². The maximum Gasteiger partial charge on any atom is 0.407 e. The number of nitrogens with one attached hydrogen (secondary N) is 1. The van der Waals surface area contributed by atoms with Crippen LogP contribution in [-0.2, 0) is 20.9 Å². The molecular weight excluding hydrogens is 334 g/mol. The number of esters is 1. The lowest BCUT2D eigenvalue weighted by atomic mass is 9.93. The standard InChI is InChI=1S/C20H29NO5/c1-20(2,3)26-19(24)21-16(15-11-7-8-12-15)17(22)18(23)25-13-14-9-5-4-6-10-14/h4-6,9-10,15-17,22H,7-8,11-13H2,1-3H3,(H,21,24)/t16-,17+/m1/s1. The van der Waals surface area contributed by atoms with Gasteiger partial charge in [-0.25, -0.2) is 9.59 Å². The number of hydrogen-bond donors (Lipinski definition) is 2. The molecule has 0 radical (unpaired) electrons. The molecule has 0 bridgehead atoms. The first-order chi connectivity index (χ1) is 12.3. The molecule has 1 aromatic carbocycles. The van der Waals surface area contributed by atoms with E-state index in [1.165, 1.54) is 0 Å². The van der Waals surface area contributed by atoms with E-state index >= 15 is 0 Å². The Morgan fingerprint density at radius 3 is 2.38 bits per heavy atom. The number of aliphatic hydroxyl groups excluding tert-OH is 1. The van der Waals surface area contributed by atoms with Crippen molar-refractivity contribution in [3.05, 3.63) is 35.9 Å². The highest BCUT2D eigenvalue weighted by Crippen LogP contribution is 2.29. The van der Waals surface area contributed by atoms with Gasteiger partial charge in [-0.1, -0.05) is 43.2 Å². The van der Waals surface area contributed by atoms with Crippen molar-refractivity contribution in [3.8, 4) is 0 Å². The van der Waals surface area contributed by atoms with Crippen molar-refractivity contribution in [2.24, 2.45) is 5.92 Å². The number of alkyl carbamates (subject to hydrolysis) is 1. The van der Waals surface area contributed by atoms with E-state index in [0.717, 1.165) is 31.2 Å². The fourth-order valence-corrected chi connectivity index (χ4v) is 3.18. The molecule has 0 unspecified atom stereocenters. The van der Waals surface area contributed by atoms with Gasteiger partial charge in [0.15, 0.2) is 6.10 Å². The molecule has 6 heteroatoms. The Kier molecular flexibility index (Phi) is 7.03. The summed E-state index contributed by atoms with van der Waals surface area (Å²) in [6.45, 7) is 5.38. The zero-order chi connectivity index (χ0) is 19.2. The zero-order valence-corrected chi connectivity index (χ0v) is 15.7. The summed E-state index contributed by atoms with van der Waals surface area (Å²) >= 11 is 0. The Morgan fingerprint density at radius 2 is 1.81 bits per heavy atom. The van der Waals surface area contributed by atoms with Crippen LogP contribution in [0.1, 0.15) is 52.0 Å². The first-order valence-electron chi connectivity index (χ1n) is 9.14. The van der Waals surface area contributed by atoms with E-state index < -0.39 is 29.8 Å². The highest BCUT2D eigenvalue weighted by Gasteiger charge is 2.37. The van der Waals surface area contributed by atoms with Crippen LogP contribution in [0.15, 0.2) is 30.3 Å². The molecule has 0 aliphatic heterocycles. The summed E-state index contributed by atoms with van der Waals surface area (Å²) in [6.07, 6.45) is 1.68. The number of carbonyl (C=O) groups excluding carboxylic acids is 2. The highest BCUT2D eigenvalue weighted by atomic mass is 16.6. The molecule has 1 fully saturated rings. The Bertz CT molecular complexity index is 590. The summed E-state index contributed by atoms with van der Waals surface area (Å²) < 4.78 is 10.5. The lowest BCUT2D eigenvalue weighted by Gasteiger charge is -2.29. The number of rotatable bonds is 6. The molecule has 0 heterocycles. The third-order valence-electron chi connectivity index (χ3n) is 4.40. The molecule has 0 aromatic heterocycles. The average molecular weight is 363 g/mol. The fraction of sp³-hybridized carbons (Fsp3) is 0.600. The number of benzene rings is 1. The minimum absolute atomic E-state index is 0.0294. The van der Waals surface area contributed by atoms with E-state index in [4.69, 9.17) is 9.47 Å². The second kappa shape index (κ2) is 9.03. The van der Waals surface area contributed by atoms with Crippen LogP contribution in [-0.4, -0.2) is 34.9 Å². The minimum atomic E-state index is -1.42. The fourth-order valence-electron chi connectivity index (χ4n) is 3.18. The van der Waals surface area contributed by atoms with Gasteiger partial charge in [0.25, 0.3) is 0 Å². The van der Waals surface area contributed by atoms with Crippen LogP contribution in [0.4, 0.5) is 4.79 Å². The molecule has 1 saturated carbocycles. The maximum absolute atomic E-state index is 12.3. The second-order valence-corrected chi connectivity index (χ2v) is 7.75. The largest absolute Gasteiger partial charge is 0.459 e. The molecule has 2 N–H and O–H groups in total. The molecule has 2 rings (SSSR count). The molecule has 2 atom stereocenters. The normalized spacial score (nSPS) is 17.4. The smallest absolute Gasteiger partial charge is 0.407 e. The van der Waals surface area contributed by atoms with Crippen LogP contribution >= 0.6 is 0 Å². The van der Waals surface area contributed by atoms with Crippen molar-refractivity contribution in [2.45, 2.75) is 70.8 Å². The molecule has 1 aromatic rings. The Morgan fingerprint density at radius 1 is 1.19 bits per heavy atom. The van der Waals surface area contributed by atoms with Crippen LogP contribution in [0, 0.1) is 5.92 Å². The van der Waals surface area contributed by atoms with Gasteiger partial charge in [-0.05, 0) is 45.1 Å². The molecule has 144 valence electrons. The van der Waals surface area contributed by atoms with Gasteiger partial charge in [0.05, 0.1) is 6.04 Å². The molecular formula is C20H29NO5. The van der Waals surface area contributed by atoms with Crippen molar-refractivity contribution >= 4 is 12.1 Å². The van der Waals surface area contributed by atoms with Crippen LogP contribution in [0.5, 0.6) is 0 Å². The van der Waals surface area contributed by atoms with Crippen molar-refractivity contribution in [2.75, 3.05) is 0 Å². The zero-order valence-electron chi connectivity index (χ0n) is 15.7. The Hall–Kier alpha value is -2.08. The predicted octanol–water partition coefficient (Wildman–Crippen LogP) is 3.17. The van der Waals surface area contributed by atoms with Gasteiger partial charge in [-0.3, -0.25) is 0 Å². The van der Waals surface area contributed by atoms with Gasteiger partial charge in [0.2, 0.25) is 0 Å². The van der Waals surface area contributed by atoms with Gasteiger partial charge >= 0.3 is 12.1 Å². The number of amides is 1. The number of hydrogen-bond acceptors (Lipinski definition) is 5. The van der Waals surface area contributed by atoms with Crippen molar-refractivity contribution in [3.63, 3.8) is 0 Å². The van der Waals surface area contributed by atoms with Crippen molar-refractivity contribution in [1.29, 1.82) is 0 Å². The summed E-state index contributed by atoms with van der Waals surface area (Å²) in [5, 5.41) is 13.2. The van der Waals surface area contributed by atoms with Crippen LogP contribution in [0.2, 0.25) is 0 Å². The van der Waals surface area contributed by atoms with Crippen molar-refractivity contribution in [1.82, 2.24) is 5.32 Å². The lowest BCUT2D eigenvalue weighted by molar-refractivity contribution is -0.157. The van der Waals surface area contributed by atoms with Gasteiger partial charge in [-0.15, -0.1) is 0 Å². The first kappa shape index (κ1) is 20.2. The summed E-state index contributed by atoms with van der Waals surface area (Å²) in [5.74, 6) is -0.705.